The zero-order valence-electron chi connectivity index (χ0n) is 17.2. The molecule has 0 bridgehead atoms. The lowest BCUT2D eigenvalue weighted by atomic mass is 10.0. The third-order valence-electron chi connectivity index (χ3n) is 5.03. The molecule has 1 unspecified atom stereocenters. The number of rotatable bonds is 7. The quantitative estimate of drug-likeness (QED) is 0.580. The van der Waals surface area contributed by atoms with E-state index in [4.69, 9.17) is 9.47 Å². The highest BCUT2D eigenvalue weighted by Gasteiger charge is 2.33. The normalized spacial score (nSPS) is 15.5. The molecule has 160 valence electrons. The van der Waals surface area contributed by atoms with Gasteiger partial charge in [0.15, 0.2) is 11.5 Å². The van der Waals surface area contributed by atoms with Gasteiger partial charge in [-0.1, -0.05) is 18.2 Å². The maximum absolute atomic E-state index is 13.4. The third kappa shape index (κ3) is 4.54. The summed E-state index contributed by atoms with van der Waals surface area (Å²) in [5.41, 5.74) is 2.29. The van der Waals surface area contributed by atoms with Crippen molar-refractivity contribution in [1.82, 2.24) is 5.01 Å². The van der Waals surface area contributed by atoms with Crippen molar-refractivity contribution < 1.29 is 18.7 Å². The van der Waals surface area contributed by atoms with Crippen molar-refractivity contribution in [3.63, 3.8) is 0 Å². The Morgan fingerprint density at radius 1 is 1.16 bits per heavy atom. The summed E-state index contributed by atoms with van der Waals surface area (Å²) < 4.78 is 24.2. The van der Waals surface area contributed by atoms with Gasteiger partial charge in [-0.05, 0) is 47.3 Å². The van der Waals surface area contributed by atoms with E-state index in [0.29, 0.717) is 23.6 Å². The van der Waals surface area contributed by atoms with Gasteiger partial charge < -0.3 is 14.8 Å². The second-order valence-electron chi connectivity index (χ2n) is 6.96. The number of thiophene rings is 1. The predicted molar refractivity (Wildman–Crippen MR) is 119 cm³/mol. The number of anilines is 1. The molecule has 2 aromatic carbocycles. The van der Waals surface area contributed by atoms with Crippen LogP contribution in [-0.2, 0) is 4.79 Å². The van der Waals surface area contributed by atoms with Crippen LogP contribution < -0.4 is 14.8 Å². The van der Waals surface area contributed by atoms with Crippen molar-refractivity contribution in [1.29, 1.82) is 0 Å². The Hall–Kier alpha value is -3.39. The average molecular weight is 440 g/mol. The molecule has 1 atom stereocenters. The maximum atomic E-state index is 13.4. The molecule has 0 fully saturated rings. The second-order valence-corrected chi connectivity index (χ2v) is 7.91. The molecule has 8 heteroatoms. The number of nitrogens with one attached hydrogen (secondary N) is 1. The van der Waals surface area contributed by atoms with Crippen LogP contribution in [0.25, 0.3) is 0 Å². The van der Waals surface area contributed by atoms with Crippen molar-refractivity contribution in [3.8, 4) is 11.5 Å². The van der Waals surface area contributed by atoms with Gasteiger partial charge >= 0.3 is 0 Å². The first-order valence-electron chi connectivity index (χ1n) is 9.74. The summed E-state index contributed by atoms with van der Waals surface area (Å²) >= 11 is 1.59. The van der Waals surface area contributed by atoms with Crippen LogP contribution in [-0.4, -0.2) is 37.4 Å². The van der Waals surface area contributed by atoms with E-state index in [1.165, 1.54) is 17.1 Å². The molecule has 1 aromatic heterocycles. The van der Waals surface area contributed by atoms with E-state index >= 15 is 0 Å². The van der Waals surface area contributed by atoms with E-state index in [-0.39, 0.29) is 24.3 Å². The zero-order valence-corrected chi connectivity index (χ0v) is 18.0. The van der Waals surface area contributed by atoms with E-state index in [0.717, 1.165) is 16.2 Å². The number of amides is 1. The number of hydrogen-bond acceptors (Lipinski definition) is 6. The number of ether oxygens (including phenoxy) is 2. The van der Waals surface area contributed by atoms with Crippen molar-refractivity contribution in [2.45, 2.75) is 12.5 Å². The molecule has 4 rings (SSSR count). The monoisotopic (exact) mass is 439 g/mol. The summed E-state index contributed by atoms with van der Waals surface area (Å²) in [5.74, 6) is 0.639. The van der Waals surface area contributed by atoms with Gasteiger partial charge in [-0.15, -0.1) is 11.3 Å². The summed E-state index contributed by atoms with van der Waals surface area (Å²) in [6.07, 6.45) is 0.585. The number of methoxy groups -OCH3 is 2. The average Bonchev–Trinajstić information content (AvgIpc) is 3.47. The van der Waals surface area contributed by atoms with Crippen molar-refractivity contribution in [2.24, 2.45) is 5.10 Å². The largest absolute Gasteiger partial charge is 0.493 e. The molecule has 2 heterocycles. The fourth-order valence-corrected chi connectivity index (χ4v) is 4.23. The predicted octanol–water partition coefficient (Wildman–Crippen LogP) is 4.69. The van der Waals surface area contributed by atoms with E-state index < -0.39 is 0 Å². The minimum atomic E-state index is -0.361. The number of halogens is 1. The van der Waals surface area contributed by atoms with Crippen LogP contribution in [0, 0.1) is 5.82 Å². The van der Waals surface area contributed by atoms with Gasteiger partial charge in [0.1, 0.15) is 5.82 Å². The molecule has 0 aliphatic carbocycles. The zero-order chi connectivity index (χ0) is 21.8. The Morgan fingerprint density at radius 2 is 2.00 bits per heavy atom. The Kier molecular flexibility index (Phi) is 6.18. The lowest BCUT2D eigenvalue weighted by Gasteiger charge is -2.23. The highest BCUT2D eigenvalue weighted by atomic mass is 32.1. The highest BCUT2D eigenvalue weighted by molar-refractivity contribution is 7.12. The van der Waals surface area contributed by atoms with Crippen LogP contribution in [0.4, 0.5) is 10.1 Å². The fourth-order valence-electron chi connectivity index (χ4n) is 3.51. The molecule has 1 N–H and O–H groups in total. The van der Waals surface area contributed by atoms with Crippen LogP contribution in [0.15, 0.2) is 65.1 Å². The summed E-state index contributed by atoms with van der Waals surface area (Å²) in [6, 6.07) is 15.3. The Balaban J connectivity index is 1.60. The van der Waals surface area contributed by atoms with Crippen LogP contribution in [0.2, 0.25) is 0 Å². The molecule has 0 saturated heterocycles. The molecule has 1 amide bonds. The molecule has 0 saturated carbocycles. The molecule has 0 radical (unpaired) electrons. The second kappa shape index (κ2) is 9.18. The SMILES string of the molecule is COc1ccc(C2CC(c3cccs3)=NN2C(=O)CNc2cccc(F)c2)cc1OC. The third-order valence-corrected chi connectivity index (χ3v) is 5.95. The van der Waals surface area contributed by atoms with Crippen LogP contribution in [0.3, 0.4) is 0 Å². The lowest BCUT2D eigenvalue weighted by Crippen LogP contribution is -2.32. The van der Waals surface area contributed by atoms with E-state index in [9.17, 15) is 9.18 Å². The first-order chi connectivity index (χ1) is 15.1. The highest BCUT2D eigenvalue weighted by Crippen LogP contribution is 2.37. The number of carbonyl (C=O) groups excluding carboxylic acids is 1. The molecular formula is C23H22FN3O3S. The molecular weight excluding hydrogens is 417 g/mol. The Labute approximate surface area is 183 Å². The van der Waals surface area contributed by atoms with Gasteiger partial charge in [-0.25, -0.2) is 9.40 Å². The van der Waals surface area contributed by atoms with E-state index in [1.807, 2.05) is 35.7 Å². The van der Waals surface area contributed by atoms with Gasteiger partial charge in [0, 0.05) is 12.1 Å². The Bertz CT molecular complexity index is 1100. The smallest absolute Gasteiger partial charge is 0.262 e. The van der Waals surface area contributed by atoms with Gasteiger partial charge in [-0.3, -0.25) is 4.79 Å². The Morgan fingerprint density at radius 3 is 2.71 bits per heavy atom. The van der Waals surface area contributed by atoms with Gasteiger partial charge in [0.2, 0.25) is 0 Å². The number of hydrogen-bond donors (Lipinski definition) is 1. The van der Waals surface area contributed by atoms with Crippen LogP contribution in [0.5, 0.6) is 11.5 Å². The summed E-state index contributed by atoms with van der Waals surface area (Å²) in [7, 11) is 3.16. The standard InChI is InChI=1S/C23H22FN3O3S/c1-29-20-9-8-15(11-21(20)30-2)19-13-18(22-7-4-10-31-22)26-27(19)23(28)14-25-17-6-3-5-16(24)12-17/h3-12,19,25H,13-14H2,1-2H3. The molecule has 31 heavy (non-hydrogen) atoms. The molecule has 1 aliphatic heterocycles. The van der Waals surface area contributed by atoms with E-state index in [1.54, 1.807) is 37.7 Å². The van der Waals surface area contributed by atoms with Crippen molar-refractivity contribution in [2.75, 3.05) is 26.1 Å². The van der Waals surface area contributed by atoms with Crippen LogP contribution >= 0.6 is 11.3 Å². The van der Waals surface area contributed by atoms with Gasteiger partial charge in [0.05, 0.1) is 37.4 Å². The van der Waals surface area contributed by atoms with E-state index in [2.05, 4.69) is 10.4 Å². The maximum Gasteiger partial charge on any atom is 0.262 e. The molecule has 3 aromatic rings. The van der Waals surface area contributed by atoms with Gasteiger partial charge in [-0.2, -0.15) is 5.10 Å². The molecule has 6 nitrogen and oxygen atoms in total. The van der Waals surface area contributed by atoms with Crippen LogP contribution in [0.1, 0.15) is 22.9 Å². The number of carbonyl (C=O) groups is 1. The van der Waals surface area contributed by atoms with Gasteiger partial charge in [0.25, 0.3) is 5.91 Å². The minimum absolute atomic E-state index is 0.00549. The summed E-state index contributed by atoms with van der Waals surface area (Å²) in [6.45, 7) is -0.00549. The van der Waals surface area contributed by atoms with Crippen molar-refractivity contribution >= 4 is 28.6 Å². The number of hydrazone groups is 1. The fraction of sp³-hybridized carbons (Fsp3) is 0.217. The topological polar surface area (TPSA) is 63.2 Å². The lowest BCUT2D eigenvalue weighted by molar-refractivity contribution is -0.131. The first kappa shape index (κ1) is 20.9. The summed E-state index contributed by atoms with van der Waals surface area (Å²) in [5, 5.41) is 11.1. The first-order valence-corrected chi connectivity index (χ1v) is 10.6. The number of benzene rings is 2. The minimum Gasteiger partial charge on any atom is -0.493 e. The summed E-state index contributed by atoms with van der Waals surface area (Å²) in [4.78, 5) is 14.1. The molecule has 0 spiro atoms. The number of nitrogens with zero attached hydrogens (tertiary/aromatic N) is 2. The molecule has 1 aliphatic rings. The van der Waals surface area contributed by atoms with Crippen molar-refractivity contribution in [3.05, 3.63) is 76.2 Å².